The van der Waals surface area contributed by atoms with Gasteiger partial charge in [-0.1, -0.05) is 32.4 Å². The van der Waals surface area contributed by atoms with Gasteiger partial charge in [0.15, 0.2) is 29.4 Å². The summed E-state index contributed by atoms with van der Waals surface area (Å²) in [5.74, 6) is -4.36. The first kappa shape index (κ1) is 29.5. The molecule has 1 aromatic heterocycles. The average Bonchev–Trinajstić information content (AvgIpc) is 3.46. The van der Waals surface area contributed by atoms with Gasteiger partial charge in [0.05, 0.1) is 11.1 Å². The molecule has 8 atom stereocenters. The zero-order valence-corrected chi connectivity index (χ0v) is 24.5. The summed E-state index contributed by atoms with van der Waals surface area (Å²) in [7, 11) is 0. The van der Waals surface area contributed by atoms with Crippen molar-refractivity contribution >= 4 is 29.1 Å². The van der Waals surface area contributed by atoms with E-state index in [1.54, 1.807) is 13.0 Å². The molecule has 1 aromatic rings. The Labute approximate surface area is 241 Å². The summed E-state index contributed by atoms with van der Waals surface area (Å²) in [6.45, 7) is 7.36. The summed E-state index contributed by atoms with van der Waals surface area (Å²) in [4.78, 5) is 43.7. The second kappa shape index (κ2) is 9.53. The van der Waals surface area contributed by atoms with Crippen molar-refractivity contribution in [3.8, 4) is 6.07 Å². The zero-order chi connectivity index (χ0) is 30.2. The number of esters is 2. The lowest BCUT2D eigenvalue weighted by atomic mass is 9.44. The number of halogens is 2. The van der Waals surface area contributed by atoms with Crippen LogP contribution in [-0.4, -0.2) is 57.5 Å². The summed E-state index contributed by atoms with van der Waals surface area (Å²) >= 11 is 1.22. The minimum absolute atomic E-state index is 0.0119. The molecular formula is C30H34F2N2O6S. The number of fused-ring (bicyclic) bond motifs is 5. The third kappa shape index (κ3) is 3.82. The fraction of sp³-hybridized carbons (Fsp3) is 0.633. The molecule has 1 N–H and O–H groups in total. The van der Waals surface area contributed by atoms with Gasteiger partial charge >= 0.3 is 11.9 Å². The van der Waals surface area contributed by atoms with Crippen molar-refractivity contribution in [3.05, 3.63) is 39.9 Å². The number of carbonyl (C=O) groups is 3. The highest BCUT2D eigenvalue weighted by molar-refractivity contribution is 7.09. The van der Waals surface area contributed by atoms with Gasteiger partial charge in [0.2, 0.25) is 5.60 Å². The summed E-state index contributed by atoms with van der Waals surface area (Å²) in [5.41, 5.74) is -9.92. The fourth-order valence-corrected chi connectivity index (χ4v) is 9.05. The molecule has 1 heterocycles. The number of allylic oxidation sites excluding steroid dienone is 4. The highest BCUT2D eigenvalue weighted by Gasteiger charge is 2.82. The number of hydrogen-bond acceptors (Lipinski definition) is 9. The smallest absolute Gasteiger partial charge is 0.359 e. The molecule has 41 heavy (non-hydrogen) atoms. The van der Waals surface area contributed by atoms with Crippen molar-refractivity contribution in [1.29, 1.82) is 5.26 Å². The lowest BCUT2D eigenvalue weighted by molar-refractivity contribution is -0.233. The molecule has 220 valence electrons. The Morgan fingerprint density at radius 2 is 1.95 bits per heavy atom. The van der Waals surface area contributed by atoms with E-state index in [1.165, 1.54) is 41.9 Å². The van der Waals surface area contributed by atoms with Crippen LogP contribution in [0.5, 0.6) is 0 Å². The van der Waals surface area contributed by atoms with E-state index in [0.717, 1.165) is 6.92 Å². The van der Waals surface area contributed by atoms with Crippen molar-refractivity contribution in [2.45, 2.75) is 89.3 Å². The second-order valence-electron chi connectivity index (χ2n) is 12.7. The van der Waals surface area contributed by atoms with Crippen LogP contribution >= 0.6 is 11.3 Å². The number of aliphatic hydroxyl groups excluding tert-OH is 1. The SMILES string of the molecule is CC(C)c1nc(C(=O)O[C@@]2(C(=O)OCC#N)[C@@]3(C)C[C@H](O)[C@@]4(F)[C@@H](CCC5=CC(=O)C=C[C@@]54C)[C@@H]3C[C@@]2(C)F)cs1. The number of nitriles is 1. The number of aromatic nitrogens is 1. The number of alkyl halides is 2. The summed E-state index contributed by atoms with van der Waals surface area (Å²) < 4.78 is 45.7. The van der Waals surface area contributed by atoms with E-state index in [9.17, 15) is 19.5 Å². The summed E-state index contributed by atoms with van der Waals surface area (Å²) in [6, 6.07) is 1.68. The molecule has 4 aliphatic carbocycles. The normalized spacial score (nSPS) is 41.1. The monoisotopic (exact) mass is 588 g/mol. The van der Waals surface area contributed by atoms with Gasteiger partial charge in [-0.3, -0.25) is 4.79 Å². The zero-order valence-electron chi connectivity index (χ0n) is 23.7. The Morgan fingerprint density at radius 1 is 1.24 bits per heavy atom. The molecule has 0 unspecified atom stereocenters. The highest BCUT2D eigenvalue weighted by Crippen LogP contribution is 2.72. The van der Waals surface area contributed by atoms with Gasteiger partial charge in [-0.05, 0) is 57.6 Å². The van der Waals surface area contributed by atoms with Crippen LogP contribution in [0.2, 0.25) is 0 Å². The molecule has 0 aliphatic heterocycles. The minimum atomic E-state index is -2.60. The third-order valence-corrected chi connectivity index (χ3v) is 11.3. The first-order valence-electron chi connectivity index (χ1n) is 13.8. The Bertz CT molecular complexity index is 1410. The first-order valence-corrected chi connectivity index (χ1v) is 14.7. The van der Waals surface area contributed by atoms with Crippen molar-refractivity contribution < 1.29 is 37.7 Å². The Hall–Kier alpha value is -2.97. The number of aliphatic hydroxyl groups is 1. The van der Waals surface area contributed by atoms with Crippen LogP contribution in [0.1, 0.15) is 81.7 Å². The summed E-state index contributed by atoms with van der Waals surface area (Å²) in [5, 5.41) is 22.8. The number of ketones is 1. The number of ether oxygens (including phenoxy) is 2. The maximum Gasteiger partial charge on any atom is 0.359 e. The molecule has 3 fully saturated rings. The summed E-state index contributed by atoms with van der Waals surface area (Å²) in [6.07, 6.45) is 2.20. The van der Waals surface area contributed by atoms with E-state index >= 15 is 8.78 Å². The molecule has 0 bridgehead atoms. The van der Waals surface area contributed by atoms with Gasteiger partial charge in [-0.15, -0.1) is 11.3 Å². The van der Waals surface area contributed by atoms with Gasteiger partial charge in [-0.2, -0.15) is 5.26 Å². The number of thiazole rings is 1. The molecular weight excluding hydrogens is 554 g/mol. The van der Waals surface area contributed by atoms with Gasteiger partial charge in [-0.25, -0.2) is 23.4 Å². The second-order valence-corrected chi connectivity index (χ2v) is 13.6. The third-order valence-electron chi connectivity index (χ3n) is 10.2. The van der Waals surface area contributed by atoms with E-state index in [0.29, 0.717) is 17.0 Å². The number of nitrogens with zero attached hydrogens (tertiary/aromatic N) is 2. The predicted octanol–water partition coefficient (Wildman–Crippen LogP) is 4.94. The van der Waals surface area contributed by atoms with E-state index < -0.39 is 70.7 Å². The lowest BCUT2D eigenvalue weighted by Gasteiger charge is -2.62. The Kier molecular flexibility index (Phi) is 6.86. The molecule has 3 saturated carbocycles. The molecule has 0 aromatic carbocycles. The van der Waals surface area contributed by atoms with E-state index in [1.807, 2.05) is 13.8 Å². The molecule has 0 spiro atoms. The molecule has 0 radical (unpaired) electrons. The lowest BCUT2D eigenvalue weighted by Crippen LogP contribution is -2.71. The van der Waals surface area contributed by atoms with Crippen LogP contribution in [0.25, 0.3) is 0 Å². The maximum atomic E-state index is 17.5. The minimum Gasteiger partial charge on any atom is -0.447 e. The van der Waals surface area contributed by atoms with E-state index in [-0.39, 0.29) is 30.2 Å². The Morgan fingerprint density at radius 3 is 2.59 bits per heavy atom. The van der Waals surface area contributed by atoms with Gasteiger partial charge in [0.1, 0.15) is 6.07 Å². The van der Waals surface area contributed by atoms with Crippen LogP contribution in [0.4, 0.5) is 8.78 Å². The predicted molar refractivity (Wildman–Crippen MR) is 144 cm³/mol. The molecule has 5 rings (SSSR count). The highest BCUT2D eigenvalue weighted by atomic mass is 32.1. The van der Waals surface area contributed by atoms with Crippen molar-refractivity contribution in [2.75, 3.05) is 6.61 Å². The first-order chi connectivity index (χ1) is 19.1. The standard InChI is InChI=1S/C30H34F2N2O6S/c1-16(2)23-34-21(15-41-23)24(37)40-30(25(38)39-11-10-33)27(4)14-22(36)29(32)19(20(27)13-28(30,5)31)7-6-17-12-18(35)8-9-26(17,29)3/h8-9,12,15-16,19-20,22,36H,6-7,11,13-14H2,1-5H3/t19-,20-,22-,26-,27-,28+,29-,30-/m0/s1. The number of carbonyl (C=O) groups excluding carboxylic acids is 3. The largest absolute Gasteiger partial charge is 0.447 e. The van der Waals surface area contributed by atoms with Crippen LogP contribution in [0.15, 0.2) is 29.2 Å². The van der Waals surface area contributed by atoms with Crippen LogP contribution in [0, 0.1) is 34.0 Å². The maximum absolute atomic E-state index is 17.5. The Balaban J connectivity index is 1.63. The molecule has 0 amide bonds. The molecule has 0 saturated heterocycles. The molecule has 4 aliphatic rings. The molecule has 11 heteroatoms. The fourth-order valence-electron chi connectivity index (χ4n) is 8.24. The van der Waals surface area contributed by atoms with E-state index in [2.05, 4.69) is 4.98 Å². The van der Waals surface area contributed by atoms with Crippen LogP contribution in [-0.2, 0) is 19.1 Å². The molecule has 8 nitrogen and oxygen atoms in total. The van der Waals surface area contributed by atoms with E-state index in [4.69, 9.17) is 14.7 Å². The van der Waals surface area contributed by atoms with Crippen molar-refractivity contribution in [2.24, 2.45) is 22.7 Å². The topological polar surface area (TPSA) is 127 Å². The van der Waals surface area contributed by atoms with Crippen LogP contribution < -0.4 is 0 Å². The quantitative estimate of drug-likeness (QED) is 0.480. The number of rotatable bonds is 5. The van der Waals surface area contributed by atoms with Crippen molar-refractivity contribution in [3.63, 3.8) is 0 Å². The average molecular weight is 589 g/mol. The van der Waals surface area contributed by atoms with Gasteiger partial charge in [0.25, 0.3) is 0 Å². The van der Waals surface area contributed by atoms with Gasteiger partial charge < -0.3 is 14.6 Å². The van der Waals surface area contributed by atoms with Crippen molar-refractivity contribution in [1.82, 2.24) is 4.98 Å². The van der Waals surface area contributed by atoms with Crippen LogP contribution in [0.3, 0.4) is 0 Å². The number of hydrogen-bond donors (Lipinski definition) is 1. The van der Waals surface area contributed by atoms with Gasteiger partial charge in [0, 0.05) is 28.0 Å².